The molecular weight excluding hydrogens is 260 g/mol. The van der Waals surface area contributed by atoms with Gasteiger partial charge in [-0.25, -0.2) is 4.98 Å². The van der Waals surface area contributed by atoms with Gasteiger partial charge in [0, 0.05) is 17.1 Å². The predicted molar refractivity (Wildman–Crippen MR) is 75.6 cm³/mol. The molecule has 98 valence electrons. The fraction of sp³-hybridized carbons (Fsp3) is 0.154. The van der Waals surface area contributed by atoms with Gasteiger partial charge in [0.05, 0.1) is 6.04 Å². The highest BCUT2D eigenvalue weighted by Crippen LogP contribution is 2.11. The number of ketones is 1. The number of nitrogens with one attached hydrogen (secondary N) is 1. The fourth-order valence-corrected chi connectivity index (χ4v) is 2.36. The molecule has 5 N–H and O–H groups in total. The molecule has 0 radical (unpaired) electrons. The van der Waals surface area contributed by atoms with Crippen LogP contribution in [0.15, 0.2) is 35.8 Å². The van der Waals surface area contributed by atoms with Crippen LogP contribution in [0.25, 0.3) is 0 Å². The van der Waals surface area contributed by atoms with Crippen molar-refractivity contribution in [2.24, 2.45) is 11.5 Å². The van der Waals surface area contributed by atoms with Crippen LogP contribution in [0.5, 0.6) is 0 Å². The Labute approximate surface area is 114 Å². The van der Waals surface area contributed by atoms with Crippen molar-refractivity contribution in [3.05, 3.63) is 52.0 Å². The molecular formula is C13H14N4OS. The summed E-state index contributed by atoms with van der Waals surface area (Å²) in [6, 6.07) is 6.55. The zero-order valence-corrected chi connectivity index (χ0v) is 11.0. The highest BCUT2D eigenvalue weighted by Gasteiger charge is 2.18. The molecule has 1 aromatic carbocycles. The number of carbonyl (C=O) groups excluding carboxylic acids is 1. The number of aromatic nitrogens is 1. The lowest BCUT2D eigenvalue weighted by Crippen LogP contribution is -2.32. The van der Waals surface area contributed by atoms with E-state index in [1.807, 2.05) is 6.07 Å². The zero-order chi connectivity index (χ0) is 13.8. The highest BCUT2D eigenvalue weighted by molar-refractivity contribution is 7.11. The Morgan fingerprint density at radius 1 is 1.47 bits per heavy atom. The quantitative estimate of drug-likeness (QED) is 0.432. The second-order valence-corrected chi connectivity index (χ2v) is 5.02. The molecule has 0 aliphatic heterocycles. The van der Waals surface area contributed by atoms with Gasteiger partial charge in [0.25, 0.3) is 0 Å². The number of carbonyl (C=O) groups is 1. The Morgan fingerprint density at radius 3 is 2.89 bits per heavy atom. The highest BCUT2D eigenvalue weighted by atomic mass is 32.1. The molecule has 0 saturated heterocycles. The molecule has 0 bridgehead atoms. The Kier molecular flexibility index (Phi) is 4.03. The Balaban J connectivity index is 2.10. The summed E-state index contributed by atoms with van der Waals surface area (Å²) < 4.78 is 0. The Hall–Kier alpha value is -2.05. The first-order valence-electron chi connectivity index (χ1n) is 5.70. The van der Waals surface area contributed by atoms with E-state index in [0.717, 1.165) is 5.56 Å². The van der Waals surface area contributed by atoms with Gasteiger partial charge in [0.2, 0.25) is 5.78 Å². The molecule has 5 nitrogen and oxygen atoms in total. The number of rotatable bonds is 5. The minimum Gasteiger partial charge on any atom is -0.384 e. The maximum atomic E-state index is 12.0. The number of nitrogens with zero attached hydrogens (tertiary/aromatic N) is 1. The second kappa shape index (κ2) is 5.73. The van der Waals surface area contributed by atoms with Gasteiger partial charge in [-0.05, 0) is 18.1 Å². The van der Waals surface area contributed by atoms with Crippen molar-refractivity contribution in [1.82, 2.24) is 4.98 Å². The van der Waals surface area contributed by atoms with Crippen LogP contribution >= 0.6 is 11.3 Å². The van der Waals surface area contributed by atoms with E-state index < -0.39 is 6.04 Å². The fourth-order valence-electron chi connectivity index (χ4n) is 1.72. The number of Topliss-reactive ketones (excluding diaryl/α,β-unsaturated/α-hetero) is 1. The van der Waals surface area contributed by atoms with Crippen LogP contribution in [0.4, 0.5) is 0 Å². The number of nitrogen functional groups attached to an aromatic ring is 1. The molecule has 2 rings (SSSR count). The van der Waals surface area contributed by atoms with Crippen molar-refractivity contribution >= 4 is 23.0 Å². The maximum absolute atomic E-state index is 12.0. The third-order valence-electron chi connectivity index (χ3n) is 2.67. The van der Waals surface area contributed by atoms with Gasteiger partial charge in [-0.2, -0.15) is 0 Å². The summed E-state index contributed by atoms with van der Waals surface area (Å²) in [5.41, 5.74) is 12.8. The summed E-state index contributed by atoms with van der Waals surface area (Å²) in [6.45, 7) is 0. The molecule has 0 aliphatic carbocycles. The lowest BCUT2D eigenvalue weighted by molar-refractivity contribution is 0.0960. The van der Waals surface area contributed by atoms with E-state index in [1.165, 1.54) is 11.3 Å². The van der Waals surface area contributed by atoms with E-state index >= 15 is 0 Å². The van der Waals surface area contributed by atoms with Crippen LogP contribution in [0, 0.1) is 5.41 Å². The number of hydrogen-bond donors (Lipinski definition) is 3. The smallest absolute Gasteiger partial charge is 0.208 e. The summed E-state index contributed by atoms with van der Waals surface area (Å²) in [5.74, 6) is -0.162. The van der Waals surface area contributed by atoms with Crippen LogP contribution in [-0.2, 0) is 6.42 Å². The number of nitrogens with two attached hydrogens (primary N) is 2. The van der Waals surface area contributed by atoms with Gasteiger partial charge in [0.15, 0.2) is 5.01 Å². The summed E-state index contributed by atoms with van der Waals surface area (Å²) >= 11 is 1.28. The van der Waals surface area contributed by atoms with Crippen molar-refractivity contribution < 1.29 is 4.79 Å². The molecule has 1 aromatic heterocycles. The van der Waals surface area contributed by atoms with Crippen LogP contribution in [0.2, 0.25) is 0 Å². The van der Waals surface area contributed by atoms with Gasteiger partial charge >= 0.3 is 0 Å². The van der Waals surface area contributed by atoms with E-state index in [4.69, 9.17) is 16.9 Å². The van der Waals surface area contributed by atoms with Crippen LogP contribution in [0.1, 0.15) is 20.9 Å². The third-order valence-corrected chi connectivity index (χ3v) is 3.46. The van der Waals surface area contributed by atoms with Crippen LogP contribution in [-0.4, -0.2) is 22.6 Å². The van der Waals surface area contributed by atoms with E-state index in [0.29, 0.717) is 17.0 Å². The van der Waals surface area contributed by atoms with Gasteiger partial charge in [0.1, 0.15) is 5.84 Å². The maximum Gasteiger partial charge on any atom is 0.208 e. The summed E-state index contributed by atoms with van der Waals surface area (Å²) in [6.07, 6.45) is 1.99. The Bertz CT molecular complexity index is 594. The van der Waals surface area contributed by atoms with E-state index in [2.05, 4.69) is 4.98 Å². The lowest BCUT2D eigenvalue weighted by atomic mass is 10.0. The molecule has 1 heterocycles. The predicted octanol–water partition coefficient (Wildman–Crippen LogP) is 1.18. The molecule has 0 saturated carbocycles. The van der Waals surface area contributed by atoms with Gasteiger partial charge in [-0.3, -0.25) is 10.2 Å². The molecule has 0 aliphatic rings. The first-order chi connectivity index (χ1) is 9.08. The number of hydrogen-bond acceptors (Lipinski definition) is 5. The van der Waals surface area contributed by atoms with Crippen molar-refractivity contribution in [2.45, 2.75) is 12.5 Å². The zero-order valence-electron chi connectivity index (χ0n) is 10.2. The monoisotopic (exact) mass is 274 g/mol. The largest absolute Gasteiger partial charge is 0.384 e. The normalized spacial score (nSPS) is 12.1. The molecule has 1 atom stereocenters. The van der Waals surface area contributed by atoms with Crippen molar-refractivity contribution in [3.63, 3.8) is 0 Å². The standard InChI is InChI=1S/C13H14N4OS/c14-10(11(18)13-17-4-5-19-13)7-8-2-1-3-9(6-8)12(15)16/h1-6,10H,7,14H2,(H3,15,16). The van der Waals surface area contributed by atoms with Crippen LogP contribution in [0.3, 0.4) is 0 Å². The summed E-state index contributed by atoms with van der Waals surface area (Å²) in [4.78, 5) is 15.9. The number of benzene rings is 1. The molecule has 0 fully saturated rings. The molecule has 0 amide bonds. The Morgan fingerprint density at radius 2 is 2.26 bits per heavy atom. The molecule has 0 spiro atoms. The van der Waals surface area contributed by atoms with E-state index in [9.17, 15) is 4.79 Å². The third kappa shape index (κ3) is 3.24. The summed E-state index contributed by atoms with van der Waals surface area (Å²) in [5, 5.41) is 9.56. The van der Waals surface area contributed by atoms with Gasteiger partial charge in [-0.1, -0.05) is 18.2 Å². The number of thiazole rings is 1. The SMILES string of the molecule is N=C(N)c1cccc(CC(N)C(=O)c2nccs2)c1. The van der Waals surface area contributed by atoms with E-state index in [-0.39, 0.29) is 11.6 Å². The summed E-state index contributed by atoms with van der Waals surface area (Å²) in [7, 11) is 0. The molecule has 19 heavy (non-hydrogen) atoms. The van der Waals surface area contributed by atoms with Crippen LogP contribution < -0.4 is 11.5 Å². The van der Waals surface area contributed by atoms with Gasteiger partial charge < -0.3 is 11.5 Å². The minimum atomic E-state index is -0.631. The topological polar surface area (TPSA) is 106 Å². The molecule has 6 heteroatoms. The average molecular weight is 274 g/mol. The number of amidine groups is 1. The second-order valence-electron chi connectivity index (χ2n) is 4.13. The van der Waals surface area contributed by atoms with E-state index in [1.54, 1.807) is 29.8 Å². The van der Waals surface area contributed by atoms with Crippen molar-refractivity contribution in [1.29, 1.82) is 5.41 Å². The van der Waals surface area contributed by atoms with Crippen molar-refractivity contribution in [3.8, 4) is 0 Å². The van der Waals surface area contributed by atoms with Gasteiger partial charge in [-0.15, -0.1) is 11.3 Å². The van der Waals surface area contributed by atoms with Crippen molar-refractivity contribution in [2.75, 3.05) is 0 Å². The average Bonchev–Trinajstić information content (AvgIpc) is 2.92. The first kappa shape index (κ1) is 13.4. The first-order valence-corrected chi connectivity index (χ1v) is 6.58. The minimum absolute atomic E-state index is 0.00155. The molecule has 2 aromatic rings. The molecule has 1 unspecified atom stereocenters. The lowest BCUT2D eigenvalue weighted by Gasteiger charge is -2.09.